The van der Waals surface area contributed by atoms with Crippen LogP contribution in [0.25, 0.3) is 0 Å². The van der Waals surface area contributed by atoms with Gasteiger partial charge in [-0.2, -0.15) is 0 Å². The molecule has 0 aliphatic heterocycles. The molecule has 0 radical (unpaired) electrons. The summed E-state index contributed by atoms with van der Waals surface area (Å²) >= 11 is 0. The number of carbonyl (C=O) groups is 2. The maximum atomic E-state index is 12.4. The van der Waals surface area contributed by atoms with Crippen molar-refractivity contribution >= 4 is 19.8 Å². The van der Waals surface area contributed by atoms with Gasteiger partial charge in [0.1, 0.15) is 6.61 Å². The topological polar surface area (TPSA) is 119 Å². The highest BCUT2D eigenvalue weighted by Gasteiger charge is 2.22. The van der Waals surface area contributed by atoms with E-state index in [0.29, 0.717) is 12.8 Å². The Labute approximate surface area is 292 Å². The Hall–Kier alpha value is -2.25. The first-order chi connectivity index (χ1) is 23.3. The van der Waals surface area contributed by atoms with Gasteiger partial charge in [0.25, 0.3) is 0 Å². The number of hydrogen-bond donors (Lipinski definition) is 2. The van der Waals surface area contributed by atoms with Crippen LogP contribution in [0.5, 0.6) is 0 Å². The van der Waals surface area contributed by atoms with E-state index in [1.54, 1.807) is 0 Å². The second-order valence-electron chi connectivity index (χ2n) is 12.3. The standard InChI is InChI=1S/C39H67O8P/c1-3-5-7-9-11-13-15-17-19-21-23-25-27-29-31-33-38(40)45-35-37(36-46-48(42,43)44)47-39(41)34-32-30-28-26-24-22-20-18-16-14-12-10-8-6-4-2/h5,7,9,11,13-17,19,37H,3-4,6,8,10,12,18,20-36H2,1-2H3,(H2,42,43,44)/b7-5+,11-9+,15-13+,16-14+,19-17+/t37-/m1/s1. The summed E-state index contributed by atoms with van der Waals surface area (Å²) in [6, 6.07) is 0. The van der Waals surface area contributed by atoms with Crippen LogP contribution in [0.2, 0.25) is 0 Å². The van der Waals surface area contributed by atoms with E-state index in [-0.39, 0.29) is 19.4 Å². The molecule has 8 nitrogen and oxygen atoms in total. The normalized spacial score (nSPS) is 13.2. The first-order valence-corrected chi connectivity index (χ1v) is 20.2. The van der Waals surface area contributed by atoms with Crippen molar-refractivity contribution in [2.24, 2.45) is 0 Å². The minimum atomic E-state index is -4.76. The van der Waals surface area contributed by atoms with E-state index in [0.717, 1.165) is 64.2 Å². The molecule has 0 heterocycles. The molecule has 0 rings (SSSR count). The van der Waals surface area contributed by atoms with Gasteiger partial charge in [0, 0.05) is 12.8 Å². The van der Waals surface area contributed by atoms with Gasteiger partial charge >= 0.3 is 19.8 Å². The van der Waals surface area contributed by atoms with Gasteiger partial charge in [0.2, 0.25) is 0 Å². The summed E-state index contributed by atoms with van der Waals surface area (Å²) in [6.45, 7) is 3.49. The third-order valence-corrected chi connectivity index (χ3v) is 8.10. The summed E-state index contributed by atoms with van der Waals surface area (Å²) in [7, 11) is -4.76. The highest BCUT2D eigenvalue weighted by Crippen LogP contribution is 2.36. The lowest BCUT2D eigenvalue weighted by Gasteiger charge is -2.18. The fraction of sp³-hybridized carbons (Fsp3) is 0.692. The summed E-state index contributed by atoms with van der Waals surface area (Å²) in [6.07, 6.45) is 42.2. The number of unbranched alkanes of at least 4 members (excludes halogenated alkanes) is 16. The molecule has 0 aromatic rings. The molecule has 0 amide bonds. The maximum Gasteiger partial charge on any atom is 0.469 e. The summed E-state index contributed by atoms with van der Waals surface area (Å²) < 4.78 is 26.3. The SMILES string of the molecule is CC/C=C/C=C/C=C/C=C/CCCCCCCC(=O)OC[C@H](COP(=O)(O)O)OC(=O)CCCCCCCCC/C=C/CCCCCC. The highest BCUT2D eigenvalue weighted by atomic mass is 31.2. The summed E-state index contributed by atoms with van der Waals surface area (Å²) in [5.41, 5.74) is 0. The van der Waals surface area contributed by atoms with Crippen molar-refractivity contribution in [2.45, 2.75) is 161 Å². The lowest BCUT2D eigenvalue weighted by molar-refractivity contribution is -0.161. The van der Waals surface area contributed by atoms with Gasteiger partial charge in [-0.15, -0.1) is 0 Å². The van der Waals surface area contributed by atoms with Crippen molar-refractivity contribution in [3.63, 3.8) is 0 Å². The molecule has 0 saturated carbocycles. The lowest BCUT2D eigenvalue weighted by atomic mass is 10.1. The molecular formula is C39H67O8P. The molecule has 48 heavy (non-hydrogen) atoms. The fourth-order valence-electron chi connectivity index (χ4n) is 4.85. The molecule has 0 spiro atoms. The Morgan fingerprint density at radius 1 is 0.562 bits per heavy atom. The summed E-state index contributed by atoms with van der Waals surface area (Å²) in [5.74, 6) is -0.922. The van der Waals surface area contributed by atoms with E-state index < -0.39 is 32.5 Å². The molecule has 0 aliphatic carbocycles. The maximum absolute atomic E-state index is 12.4. The molecule has 0 aliphatic rings. The van der Waals surface area contributed by atoms with Crippen molar-refractivity contribution in [3.05, 3.63) is 60.8 Å². The lowest BCUT2D eigenvalue weighted by Crippen LogP contribution is -2.29. The van der Waals surface area contributed by atoms with E-state index in [9.17, 15) is 14.2 Å². The predicted molar refractivity (Wildman–Crippen MR) is 197 cm³/mol. The highest BCUT2D eigenvalue weighted by molar-refractivity contribution is 7.46. The zero-order valence-electron chi connectivity index (χ0n) is 30.1. The van der Waals surface area contributed by atoms with Crippen LogP contribution in [0, 0.1) is 0 Å². The van der Waals surface area contributed by atoms with Crippen molar-refractivity contribution in [2.75, 3.05) is 13.2 Å². The van der Waals surface area contributed by atoms with Gasteiger partial charge in [-0.25, -0.2) is 4.57 Å². The number of esters is 2. The average molecular weight is 695 g/mol. The van der Waals surface area contributed by atoms with Crippen LogP contribution in [-0.2, 0) is 28.2 Å². The number of carbonyl (C=O) groups excluding carboxylic acids is 2. The van der Waals surface area contributed by atoms with Crippen LogP contribution < -0.4 is 0 Å². The van der Waals surface area contributed by atoms with Gasteiger partial charge in [-0.1, -0.05) is 145 Å². The molecule has 0 unspecified atom stereocenters. The minimum absolute atomic E-state index is 0.199. The summed E-state index contributed by atoms with van der Waals surface area (Å²) in [4.78, 5) is 42.7. The van der Waals surface area contributed by atoms with E-state index in [2.05, 4.69) is 48.8 Å². The van der Waals surface area contributed by atoms with E-state index in [4.69, 9.17) is 19.3 Å². The van der Waals surface area contributed by atoms with Crippen molar-refractivity contribution < 1.29 is 37.9 Å². The Morgan fingerprint density at radius 3 is 1.56 bits per heavy atom. The van der Waals surface area contributed by atoms with Crippen LogP contribution >= 0.6 is 7.82 Å². The minimum Gasteiger partial charge on any atom is -0.462 e. The van der Waals surface area contributed by atoms with E-state index in [1.807, 2.05) is 30.4 Å². The molecule has 0 saturated heterocycles. The first-order valence-electron chi connectivity index (χ1n) is 18.6. The second-order valence-corrected chi connectivity index (χ2v) is 13.5. The third kappa shape index (κ3) is 36.6. The number of hydrogen-bond acceptors (Lipinski definition) is 6. The van der Waals surface area contributed by atoms with Crippen molar-refractivity contribution in [1.82, 2.24) is 0 Å². The van der Waals surface area contributed by atoms with Gasteiger partial charge in [-0.3, -0.25) is 14.1 Å². The first kappa shape index (κ1) is 45.8. The number of rotatable bonds is 33. The average Bonchev–Trinajstić information content (AvgIpc) is 3.05. The predicted octanol–water partition coefficient (Wildman–Crippen LogP) is 11.0. The zero-order chi connectivity index (χ0) is 35.4. The van der Waals surface area contributed by atoms with Gasteiger partial charge in [0.15, 0.2) is 6.10 Å². The largest absolute Gasteiger partial charge is 0.469 e. The molecule has 0 fully saturated rings. The monoisotopic (exact) mass is 694 g/mol. The smallest absolute Gasteiger partial charge is 0.462 e. The zero-order valence-corrected chi connectivity index (χ0v) is 31.0. The fourth-order valence-corrected chi connectivity index (χ4v) is 5.21. The molecule has 2 N–H and O–H groups in total. The van der Waals surface area contributed by atoms with Crippen LogP contribution in [-0.4, -0.2) is 41.0 Å². The van der Waals surface area contributed by atoms with Crippen LogP contribution in [0.3, 0.4) is 0 Å². The number of phosphoric acid groups is 1. The number of ether oxygens (including phenoxy) is 2. The Balaban J connectivity index is 4.03. The quantitative estimate of drug-likeness (QED) is 0.0229. The van der Waals surface area contributed by atoms with Gasteiger partial charge in [-0.05, 0) is 57.8 Å². The molecule has 0 bridgehead atoms. The Kier molecular flexibility index (Phi) is 33.0. The van der Waals surface area contributed by atoms with Crippen LogP contribution in [0.1, 0.15) is 155 Å². The number of allylic oxidation sites excluding steroid dienone is 10. The van der Waals surface area contributed by atoms with Gasteiger partial charge < -0.3 is 19.3 Å². The molecule has 276 valence electrons. The Morgan fingerprint density at radius 2 is 1.02 bits per heavy atom. The van der Waals surface area contributed by atoms with E-state index >= 15 is 0 Å². The second kappa shape index (κ2) is 34.6. The summed E-state index contributed by atoms with van der Waals surface area (Å²) in [5, 5.41) is 0. The molecule has 0 aromatic carbocycles. The van der Waals surface area contributed by atoms with Crippen LogP contribution in [0.4, 0.5) is 0 Å². The third-order valence-electron chi connectivity index (χ3n) is 7.61. The molecular weight excluding hydrogens is 627 g/mol. The number of phosphoric ester groups is 1. The molecule has 1 atom stereocenters. The van der Waals surface area contributed by atoms with E-state index in [1.165, 1.54) is 51.4 Å². The molecule has 0 aromatic heterocycles. The van der Waals surface area contributed by atoms with Crippen LogP contribution in [0.15, 0.2) is 60.8 Å². The van der Waals surface area contributed by atoms with Crippen molar-refractivity contribution in [1.29, 1.82) is 0 Å². The molecule has 9 heteroatoms. The van der Waals surface area contributed by atoms with Gasteiger partial charge in [0.05, 0.1) is 6.61 Å². The Bertz CT molecular complexity index is 963. The van der Waals surface area contributed by atoms with Crippen molar-refractivity contribution in [3.8, 4) is 0 Å².